The van der Waals surface area contributed by atoms with Gasteiger partial charge in [0.05, 0.1) is 0 Å². The quantitative estimate of drug-likeness (QED) is 0.837. The van der Waals surface area contributed by atoms with Gasteiger partial charge < -0.3 is 15.0 Å². The number of rotatable bonds is 5. The molecule has 2 bridgehead atoms. The van der Waals surface area contributed by atoms with Crippen molar-refractivity contribution in [1.82, 2.24) is 14.9 Å². The van der Waals surface area contributed by atoms with Gasteiger partial charge in [-0.15, -0.1) is 0 Å². The Bertz CT molecular complexity index is 775. The summed E-state index contributed by atoms with van der Waals surface area (Å²) in [6.07, 6.45) is 7.07. The Kier molecular flexibility index (Phi) is 5.43. The predicted octanol–water partition coefficient (Wildman–Crippen LogP) is 4.12. The zero-order valence-corrected chi connectivity index (χ0v) is 15.8. The number of ether oxygens (including phenoxy) is 1. The van der Waals surface area contributed by atoms with Crippen molar-refractivity contribution in [2.45, 2.75) is 44.4 Å². The molecule has 1 aromatic carbocycles. The summed E-state index contributed by atoms with van der Waals surface area (Å²) in [5.74, 6) is 1.11. The standard InChI is InChI=1S/C20H23ClN4O2/c21-18-19(23-9-8-22-18)24-12-15-10-16-6-7-17(11-15)25(16)20(26)27-13-14-4-2-1-3-5-14/h1-5,8-9,15-17H,6-7,10-13H2,(H,23,24)/t15-,16-,17+. The molecule has 1 aromatic heterocycles. The highest BCUT2D eigenvalue weighted by Crippen LogP contribution is 2.39. The van der Waals surface area contributed by atoms with Crippen LogP contribution in [0.15, 0.2) is 42.7 Å². The van der Waals surface area contributed by atoms with Crippen molar-refractivity contribution in [2.75, 3.05) is 11.9 Å². The molecule has 142 valence electrons. The van der Waals surface area contributed by atoms with Gasteiger partial charge >= 0.3 is 6.09 Å². The number of fused-ring (bicyclic) bond motifs is 2. The van der Waals surface area contributed by atoms with E-state index in [1.165, 1.54) is 0 Å². The summed E-state index contributed by atoms with van der Waals surface area (Å²) >= 11 is 6.06. The molecule has 3 heterocycles. The molecule has 0 unspecified atom stereocenters. The van der Waals surface area contributed by atoms with Crippen LogP contribution in [0.5, 0.6) is 0 Å². The molecule has 0 spiro atoms. The van der Waals surface area contributed by atoms with Gasteiger partial charge in [0, 0.05) is 31.0 Å². The van der Waals surface area contributed by atoms with Crippen molar-refractivity contribution >= 4 is 23.5 Å². The van der Waals surface area contributed by atoms with E-state index >= 15 is 0 Å². The third-order valence-electron chi connectivity index (χ3n) is 5.46. The van der Waals surface area contributed by atoms with Gasteiger partial charge in [-0.05, 0) is 37.2 Å². The van der Waals surface area contributed by atoms with Gasteiger partial charge in [0.25, 0.3) is 0 Å². The third kappa shape index (κ3) is 4.16. The second-order valence-electron chi connectivity index (χ2n) is 7.25. The normalized spacial score (nSPS) is 23.9. The van der Waals surface area contributed by atoms with Crippen LogP contribution in [0.25, 0.3) is 0 Å². The van der Waals surface area contributed by atoms with Crippen molar-refractivity contribution in [3.8, 4) is 0 Å². The van der Waals surface area contributed by atoms with Crippen LogP contribution < -0.4 is 5.32 Å². The minimum atomic E-state index is -0.185. The smallest absolute Gasteiger partial charge is 0.410 e. The van der Waals surface area contributed by atoms with Crippen molar-refractivity contribution in [3.05, 3.63) is 53.4 Å². The first-order valence-electron chi connectivity index (χ1n) is 9.40. The third-order valence-corrected chi connectivity index (χ3v) is 5.74. The highest BCUT2D eigenvalue weighted by molar-refractivity contribution is 6.31. The molecule has 0 radical (unpaired) electrons. The Morgan fingerprint density at radius 1 is 1.15 bits per heavy atom. The van der Waals surface area contributed by atoms with E-state index in [9.17, 15) is 4.79 Å². The van der Waals surface area contributed by atoms with E-state index in [4.69, 9.17) is 16.3 Å². The number of amides is 1. The van der Waals surface area contributed by atoms with Crippen molar-refractivity contribution in [3.63, 3.8) is 0 Å². The van der Waals surface area contributed by atoms with Gasteiger partial charge in [0.15, 0.2) is 11.0 Å². The maximum atomic E-state index is 12.6. The van der Waals surface area contributed by atoms with Crippen molar-refractivity contribution in [1.29, 1.82) is 0 Å². The van der Waals surface area contributed by atoms with E-state index in [2.05, 4.69) is 15.3 Å². The fourth-order valence-corrected chi connectivity index (χ4v) is 4.40. The summed E-state index contributed by atoms with van der Waals surface area (Å²) < 4.78 is 5.56. The first kappa shape index (κ1) is 18.0. The molecule has 1 N–H and O–H groups in total. The summed E-state index contributed by atoms with van der Waals surface area (Å²) in [6, 6.07) is 10.3. The molecule has 2 aliphatic heterocycles. The number of halogens is 1. The number of hydrogen-bond acceptors (Lipinski definition) is 5. The van der Waals surface area contributed by atoms with Crippen LogP contribution in [-0.4, -0.2) is 39.6 Å². The second-order valence-corrected chi connectivity index (χ2v) is 7.60. The largest absolute Gasteiger partial charge is 0.445 e. The average molecular weight is 387 g/mol. The predicted molar refractivity (Wildman–Crippen MR) is 104 cm³/mol. The summed E-state index contributed by atoms with van der Waals surface area (Å²) in [5, 5.41) is 3.69. The topological polar surface area (TPSA) is 67.3 Å². The molecule has 4 rings (SSSR count). The first-order chi connectivity index (χ1) is 13.2. The number of anilines is 1. The Balaban J connectivity index is 1.30. The Morgan fingerprint density at radius 3 is 2.56 bits per heavy atom. The number of piperidine rings is 1. The monoisotopic (exact) mass is 386 g/mol. The lowest BCUT2D eigenvalue weighted by atomic mass is 9.91. The zero-order valence-electron chi connectivity index (χ0n) is 15.1. The molecule has 2 fully saturated rings. The van der Waals surface area contributed by atoms with Crippen LogP contribution in [0.1, 0.15) is 31.2 Å². The minimum absolute atomic E-state index is 0.185. The van der Waals surface area contributed by atoms with E-state index in [1.54, 1.807) is 12.4 Å². The van der Waals surface area contributed by atoms with E-state index in [0.29, 0.717) is 23.5 Å². The van der Waals surface area contributed by atoms with Crippen LogP contribution in [0.3, 0.4) is 0 Å². The number of nitrogens with one attached hydrogen (secondary N) is 1. The summed E-state index contributed by atoms with van der Waals surface area (Å²) in [5.41, 5.74) is 1.01. The van der Waals surface area contributed by atoms with Crippen LogP contribution in [0.4, 0.5) is 10.6 Å². The molecule has 27 heavy (non-hydrogen) atoms. The van der Waals surface area contributed by atoms with Gasteiger partial charge in [-0.1, -0.05) is 41.9 Å². The lowest BCUT2D eigenvalue weighted by Gasteiger charge is -2.38. The Morgan fingerprint density at radius 2 is 1.85 bits per heavy atom. The van der Waals surface area contributed by atoms with Crippen LogP contribution in [0.2, 0.25) is 5.15 Å². The van der Waals surface area contributed by atoms with Gasteiger partial charge in [-0.2, -0.15) is 0 Å². The molecule has 1 amide bonds. The summed E-state index contributed by atoms with van der Waals surface area (Å²) in [7, 11) is 0. The van der Waals surface area contributed by atoms with Gasteiger partial charge in [0.2, 0.25) is 0 Å². The molecular weight excluding hydrogens is 364 g/mol. The number of nitrogens with zero attached hydrogens (tertiary/aromatic N) is 3. The molecular formula is C20H23ClN4O2. The van der Waals surface area contributed by atoms with Gasteiger partial charge in [-0.25, -0.2) is 14.8 Å². The highest BCUT2D eigenvalue weighted by atomic mass is 35.5. The van der Waals surface area contributed by atoms with E-state index in [1.807, 2.05) is 35.2 Å². The molecule has 0 saturated carbocycles. The fourth-order valence-electron chi connectivity index (χ4n) is 4.23. The molecule has 3 atom stereocenters. The number of benzene rings is 1. The molecule has 2 aromatic rings. The lowest BCUT2D eigenvalue weighted by Crippen LogP contribution is -2.47. The molecule has 2 aliphatic rings. The van der Waals surface area contributed by atoms with E-state index < -0.39 is 0 Å². The number of aromatic nitrogens is 2. The SMILES string of the molecule is O=C(OCc1ccccc1)N1[C@@H]2CC[C@H]1C[C@H](CNc1nccnc1Cl)C2. The first-order valence-corrected chi connectivity index (χ1v) is 9.78. The minimum Gasteiger partial charge on any atom is -0.445 e. The van der Waals surface area contributed by atoms with Crippen LogP contribution in [-0.2, 0) is 11.3 Å². The molecule has 0 aliphatic carbocycles. The van der Waals surface area contributed by atoms with E-state index in [-0.39, 0.29) is 18.2 Å². The molecule has 7 heteroatoms. The van der Waals surface area contributed by atoms with Crippen molar-refractivity contribution in [2.24, 2.45) is 5.92 Å². The second kappa shape index (κ2) is 8.13. The van der Waals surface area contributed by atoms with Gasteiger partial charge in [-0.3, -0.25) is 0 Å². The average Bonchev–Trinajstić information content (AvgIpc) is 2.96. The van der Waals surface area contributed by atoms with Gasteiger partial charge in [0.1, 0.15) is 6.61 Å². The summed E-state index contributed by atoms with van der Waals surface area (Å²) in [4.78, 5) is 22.8. The Labute approximate surface area is 163 Å². The maximum absolute atomic E-state index is 12.6. The molecule has 6 nitrogen and oxygen atoms in total. The Hall–Kier alpha value is -2.34. The zero-order chi connectivity index (χ0) is 18.6. The fraction of sp³-hybridized carbons (Fsp3) is 0.450. The van der Waals surface area contributed by atoms with Crippen LogP contribution in [0, 0.1) is 5.92 Å². The number of carbonyl (C=O) groups is 1. The van der Waals surface area contributed by atoms with E-state index in [0.717, 1.165) is 37.8 Å². The van der Waals surface area contributed by atoms with Crippen molar-refractivity contribution < 1.29 is 9.53 Å². The number of hydrogen-bond donors (Lipinski definition) is 1. The maximum Gasteiger partial charge on any atom is 0.410 e. The summed E-state index contributed by atoms with van der Waals surface area (Å²) in [6.45, 7) is 1.12. The highest BCUT2D eigenvalue weighted by Gasteiger charge is 2.43. The van der Waals surface area contributed by atoms with Crippen LogP contribution >= 0.6 is 11.6 Å². The lowest BCUT2D eigenvalue weighted by molar-refractivity contribution is 0.0546. The molecule has 2 saturated heterocycles. The number of carbonyl (C=O) groups excluding carboxylic acids is 1.